The van der Waals surface area contributed by atoms with Crippen LogP contribution in [0.1, 0.15) is 18.9 Å². The Kier molecular flexibility index (Phi) is 4.28. The number of sulfonamides is 1. The molecular weight excluding hydrogens is 331 g/mol. The zero-order valence-electron chi connectivity index (χ0n) is 13.1. The van der Waals surface area contributed by atoms with Crippen molar-refractivity contribution >= 4 is 21.7 Å². The van der Waals surface area contributed by atoms with E-state index in [-0.39, 0.29) is 11.4 Å². The normalized spacial score (nSPS) is 16.2. The fourth-order valence-corrected chi connectivity index (χ4v) is 4.26. The summed E-state index contributed by atoms with van der Waals surface area (Å²) < 4.78 is 39.6. The van der Waals surface area contributed by atoms with Crippen molar-refractivity contribution in [2.45, 2.75) is 24.8 Å². The maximum atomic E-state index is 13.0. The molecule has 1 heterocycles. The number of benzene rings is 2. The number of anilines is 1. The molecule has 3 rings (SSSR count). The monoisotopic (exact) mass is 348 g/mol. The molecule has 2 aromatic rings. The van der Waals surface area contributed by atoms with Crippen LogP contribution in [0.25, 0.3) is 0 Å². The number of halogens is 1. The minimum Gasteiger partial charge on any atom is -0.292 e. The predicted molar refractivity (Wildman–Crippen MR) is 88.6 cm³/mol. The molecule has 0 radical (unpaired) electrons. The van der Waals surface area contributed by atoms with Gasteiger partial charge in [0.15, 0.2) is 0 Å². The van der Waals surface area contributed by atoms with E-state index < -0.39 is 21.9 Å². The van der Waals surface area contributed by atoms with Crippen LogP contribution < -0.4 is 4.90 Å². The molecular formula is C17H17FN2O3S. The third kappa shape index (κ3) is 2.75. The highest BCUT2D eigenvalue weighted by Gasteiger charge is 2.40. The fourth-order valence-electron chi connectivity index (χ4n) is 2.71. The lowest BCUT2D eigenvalue weighted by Gasteiger charge is -2.36. The molecule has 5 nitrogen and oxygen atoms in total. The quantitative estimate of drug-likeness (QED) is 0.851. The summed E-state index contributed by atoms with van der Waals surface area (Å²) in [5, 5.41) is 0. The Bertz CT molecular complexity index is 866. The van der Waals surface area contributed by atoms with E-state index in [1.165, 1.54) is 35.2 Å². The first-order valence-electron chi connectivity index (χ1n) is 7.63. The zero-order valence-corrected chi connectivity index (χ0v) is 14.0. The van der Waals surface area contributed by atoms with Crippen LogP contribution in [0.5, 0.6) is 0 Å². The first-order chi connectivity index (χ1) is 11.4. The molecule has 0 fully saturated rings. The molecule has 0 bridgehead atoms. The lowest BCUT2D eigenvalue weighted by Crippen LogP contribution is -2.50. The van der Waals surface area contributed by atoms with Gasteiger partial charge >= 0.3 is 6.03 Å². The summed E-state index contributed by atoms with van der Waals surface area (Å²) >= 11 is 0. The molecule has 2 aromatic carbocycles. The van der Waals surface area contributed by atoms with E-state index in [0.29, 0.717) is 24.2 Å². The van der Waals surface area contributed by atoms with Gasteiger partial charge in [-0.05, 0) is 36.2 Å². The molecule has 0 N–H and O–H groups in total. The zero-order chi connectivity index (χ0) is 17.3. The Morgan fingerprint density at radius 2 is 1.71 bits per heavy atom. The van der Waals surface area contributed by atoms with Crippen LogP contribution in [0.15, 0.2) is 53.4 Å². The largest absolute Gasteiger partial charge is 0.338 e. The molecule has 0 spiro atoms. The second-order valence-electron chi connectivity index (χ2n) is 5.54. The van der Waals surface area contributed by atoms with Gasteiger partial charge in [-0.3, -0.25) is 4.90 Å². The molecule has 0 unspecified atom stereocenters. The highest BCUT2D eigenvalue weighted by Crippen LogP contribution is 2.35. The molecule has 0 aromatic heterocycles. The van der Waals surface area contributed by atoms with E-state index in [1.54, 1.807) is 18.2 Å². The van der Waals surface area contributed by atoms with Crippen molar-refractivity contribution in [2.24, 2.45) is 0 Å². The van der Waals surface area contributed by atoms with E-state index in [9.17, 15) is 17.6 Å². The van der Waals surface area contributed by atoms with E-state index >= 15 is 0 Å². The van der Waals surface area contributed by atoms with Crippen molar-refractivity contribution in [3.8, 4) is 0 Å². The number of hydrogen-bond acceptors (Lipinski definition) is 3. The highest BCUT2D eigenvalue weighted by atomic mass is 32.2. The molecule has 1 aliphatic heterocycles. The Hall–Kier alpha value is -2.41. The van der Waals surface area contributed by atoms with Gasteiger partial charge < -0.3 is 0 Å². The van der Waals surface area contributed by atoms with Gasteiger partial charge in [-0.15, -0.1) is 0 Å². The first-order valence-corrected chi connectivity index (χ1v) is 9.07. The molecule has 126 valence electrons. The van der Waals surface area contributed by atoms with Crippen LogP contribution in [0.2, 0.25) is 0 Å². The van der Waals surface area contributed by atoms with Crippen molar-refractivity contribution in [2.75, 3.05) is 11.4 Å². The van der Waals surface area contributed by atoms with Crippen LogP contribution in [-0.2, 0) is 16.6 Å². The Balaban J connectivity index is 2.06. The van der Waals surface area contributed by atoms with Crippen molar-refractivity contribution in [3.05, 3.63) is 59.9 Å². The maximum absolute atomic E-state index is 13.0. The number of urea groups is 1. The Morgan fingerprint density at radius 3 is 2.38 bits per heavy atom. The summed E-state index contributed by atoms with van der Waals surface area (Å²) in [6, 6.07) is 11.3. The number of carbonyl (C=O) groups excluding carboxylic acids is 1. The second kappa shape index (κ2) is 6.24. The molecule has 0 aliphatic carbocycles. The van der Waals surface area contributed by atoms with E-state index in [2.05, 4.69) is 0 Å². The van der Waals surface area contributed by atoms with Crippen LogP contribution >= 0.6 is 0 Å². The van der Waals surface area contributed by atoms with E-state index in [4.69, 9.17) is 0 Å². The number of rotatable bonds is 4. The van der Waals surface area contributed by atoms with Crippen molar-refractivity contribution in [1.29, 1.82) is 0 Å². The van der Waals surface area contributed by atoms with E-state index in [0.717, 1.165) is 4.31 Å². The van der Waals surface area contributed by atoms with Crippen molar-refractivity contribution < 1.29 is 17.6 Å². The van der Waals surface area contributed by atoms with Gasteiger partial charge in [0.2, 0.25) is 0 Å². The molecule has 0 saturated heterocycles. The van der Waals surface area contributed by atoms with Gasteiger partial charge in [0.05, 0.1) is 12.2 Å². The topological polar surface area (TPSA) is 57.7 Å². The predicted octanol–water partition coefficient (Wildman–Crippen LogP) is 3.37. The van der Waals surface area contributed by atoms with Crippen LogP contribution in [0, 0.1) is 5.82 Å². The average molecular weight is 348 g/mol. The van der Waals surface area contributed by atoms with Crippen LogP contribution in [-0.4, -0.2) is 25.3 Å². The highest BCUT2D eigenvalue weighted by molar-refractivity contribution is 7.90. The molecule has 24 heavy (non-hydrogen) atoms. The van der Waals surface area contributed by atoms with Gasteiger partial charge in [0.1, 0.15) is 10.7 Å². The molecule has 0 saturated carbocycles. The first kappa shape index (κ1) is 16.4. The molecule has 7 heteroatoms. The number of fused-ring (bicyclic) bond motifs is 1. The minimum absolute atomic E-state index is 0.111. The second-order valence-corrected chi connectivity index (χ2v) is 7.37. The smallest absolute Gasteiger partial charge is 0.292 e. The lowest BCUT2D eigenvalue weighted by molar-refractivity contribution is 0.226. The van der Waals surface area contributed by atoms with Crippen molar-refractivity contribution in [1.82, 2.24) is 4.31 Å². The standard InChI is InChI=1S/C17H17FN2O3S/c1-2-11-19-15-5-3-4-6-16(15)24(22,23)20(17(19)21)12-13-7-9-14(18)10-8-13/h3-10H,2,11-12H2,1H3. The third-order valence-electron chi connectivity index (χ3n) is 3.86. The van der Waals surface area contributed by atoms with Gasteiger partial charge in [0.25, 0.3) is 10.0 Å². The van der Waals surface area contributed by atoms with Gasteiger partial charge in [-0.1, -0.05) is 31.2 Å². The number of nitrogens with zero attached hydrogens (tertiary/aromatic N) is 2. The maximum Gasteiger partial charge on any atom is 0.338 e. The van der Waals surface area contributed by atoms with Gasteiger partial charge in [-0.2, -0.15) is 0 Å². The van der Waals surface area contributed by atoms with Gasteiger partial charge in [-0.25, -0.2) is 21.9 Å². The number of hydrogen-bond donors (Lipinski definition) is 0. The summed E-state index contributed by atoms with van der Waals surface area (Å²) in [5.74, 6) is -0.412. The Labute approximate surface area is 140 Å². The number of amides is 2. The van der Waals surface area contributed by atoms with Crippen LogP contribution in [0.3, 0.4) is 0 Å². The molecule has 0 atom stereocenters. The average Bonchev–Trinajstić information content (AvgIpc) is 2.57. The lowest BCUT2D eigenvalue weighted by atomic mass is 10.2. The summed E-state index contributed by atoms with van der Waals surface area (Å²) in [4.78, 5) is 14.3. The minimum atomic E-state index is -3.94. The van der Waals surface area contributed by atoms with E-state index in [1.807, 2.05) is 6.92 Å². The third-order valence-corrected chi connectivity index (χ3v) is 5.62. The van der Waals surface area contributed by atoms with Gasteiger partial charge in [0, 0.05) is 6.54 Å². The molecule has 2 amide bonds. The number of para-hydroxylation sites is 1. The van der Waals surface area contributed by atoms with Crippen LogP contribution in [0.4, 0.5) is 14.9 Å². The fraction of sp³-hybridized carbons (Fsp3) is 0.235. The summed E-state index contributed by atoms with van der Waals surface area (Å²) in [6.07, 6.45) is 0.699. The summed E-state index contributed by atoms with van der Waals surface area (Å²) in [6.45, 7) is 2.21. The molecule has 1 aliphatic rings. The van der Waals surface area contributed by atoms with Crippen molar-refractivity contribution in [3.63, 3.8) is 0 Å². The number of carbonyl (C=O) groups is 1. The summed E-state index contributed by atoms with van der Waals surface area (Å²) in [5.41, 5.74) is 0.948. The SMILES string of the molecule is CCCN1C(=O)N(Cc2ccc(F)cc2)S(=O)(=O)c2ccccc21. The Morgan fingerprint density at radius 1 is 1.04 bits per heavy atom. The summed E-state index contributed by atoms with van der Waals surface area (Å²) in [7, 11) is -3.94.